The van der Waals surface area contributed by atoms with E-state index in [2.05, 4.69) is 15.1 Å². The van der Waals surface area contributed by atoms with Crippen molar-refractivity contribution in [3.63, 3.8) is 0 Å². The Balaban J connectivity index is 1.72. The molecule has 1 aliphatic rings. The van der Waals surface area contributed by atoms with Crippen molar-refractivity contribution < 1.29 is 13.9 Å². The van der Waals surface area contributed by atoms with Crippen molar-refractivity contribution in [1.29, 1.82) is 0 Å². The maximum absolute atomic E-state index is 11.9. The molecule has 6 heteroatoms. The first-order chi connectivity index (χ1) is 10.8. The first-order valence-electron chi connectivity index (χ1n) is 7.47. The molecular formula is C16H19N3O3. The summed E-state index contributed by atoms with van der Waals surface area (Å²) < 4.78 is 10.6. The number of hydrogen-bond donors (Lipinski definition) is 0. The number of carbonyl (C=O) groups excluding carboxylic acids is 1. The molecule has 2 heterocycles. The Morgan fingerprint density at radius 2 is 2.14 bits per heavy atom. The van der Waals surface area contributed by atoms with Gasteiger partial charge in [-0.15, -0.1) is 10.2 Å². The Hall–Kier alpha value is -2.21. The van der Waals surface area contributed by atoms with Crippen LogP contribution < -0.4 is 0 Å². The molecule has 1 atom stereocenters. The molecule has 0 bridgehead atoms. The van der Waals surface area contributed by atoms with E-state index in [1.165, 1.54) is 7.11 Å². The smallest absolute Gasteiger partial charge is 0.323 e. The van der Waals surface area contributed by atoms with Gasteiger partial charge in [0.2, 0.25) is 11.8 Å². The van der Waals surface area contributed by atoms with Gasteiger partial charge in [0, 0.05) is 5.56 Å². The van der Waals surface area contributed by atoms with E-state index < -0.39 is 0 Å². The number of methoxy groups -OCH3 is 1. The van der Waals surface area contributed by atoms with Gasteiger partial charge in [0.25, 0.3) is 0 Å². The number of carbonyl (C=O) groups is 1. The minimum absolute atomic E-state index is 0.192. The highest BCUT2D eigenvalue weighted by Crippen LogP contribution is 2.22. The molecule has 2 aromatic rings. The molecule has 1 aliphatic heterocycles. The molecule has 0 amide bonds. The first kappa shape index (κ1) is 14.7. The summed E-state index contributed by atoms with van der Waals surface area (Å²) in [5.74, 6) is 0.833. The molecule has 22 heavy (non-hydrogen) atoms. The normalized spacial score (nSPS) is 19.0. The fraction of sp³-hybridized carbons (Fsp3) is 0.438. The highest BCUT2D eigenvalue weighted by Gasteiger charge is 2.30. The van der Waals surface area contributed by atoms with E-state index >= 15 is 0 Å². The van der Waals surface area contributed by atoms with Gasteiger partial charge in [-0.3, -0.25) is 9.69 Å². The van der Waals surface area contributed by atoms with Crippen molar-refractivity contribution in [3.8, 4) is 11.5 Å². The van der Waals surface area contributed by atoms with Gasteiger partial charge in [0.15, 0.2) is 0 Å². The van der Waals surface area contributed by atoms with Crippen LogP contribution in [0.2, 0.25) is 0 Å². The average molecular weight is 301 g/mol. The van der Waals surface area contributed by atoms with E-state index in [-0.39, 0.29) is 12.0 Å². The van der Waals surface area contributed by atoms with Crippen molar-refractivity contribution in [2.45, 2.75) is 31.8 Å². The zero-order chi connectivity index (χ0) is 15.4. The molecule has 1 saturated heterocycles. The fourth-order valence-corrected chi connectivity index (χ4v) is 2.77. The van der Waals surface area contributed by atoms with Crippen LogP contribution in [-0.2, 0) is 16.1 Å². The maximum atomic E-state index is 11.9. The third-order valence-electron chi connectivity index (χ3n) is 3.91. The van der Waals surface area contributed by atoms with Crippen LogP contribution in [-0.4, -0.2) is 40.8 Å². The number of ether oxygens (including phenoxy) is 1. The maximum Gasteiger partial charge on any atom is 0.323 e. The number of aromatic nitrogens is 2. The molecule has 116 valence electrons. The van der Waals surface area contributed by atoms with Gasteiger partial charge in [-0.25, -0.2) is 0 Å². The second-order valence-electron chi connectivity index (χ2n) is 5.37. The molecule has 6 nitrogen and oxygen atoms in total. The predicted molar refractivity (Wildman–Crippen MR) is 79.8 cm³/mol. The minimum Gasteiger partial charge on any atom is -0.468 e. The Labute approximate surface area is 129 Å². The number of nitrogens with zero attached hydrogens (tertiary/aromatic N) is 3. The Morgan fingerprint density at radius 3 is 2.91 bits per heavy atom. The highest BCUT2D eigenvalue weighted by atomic mass is 16.5. The van der Waals surface area contributed by atoms with E-state index in [0.717, 1.165) is 31.4 Å². The number of rotatable bonds is 4. The molecule has 0 radical (unpaired) electrons. The van der Waals surface area contributed by atoms with Gasteiger partial charge in [0.05, 0.1) is 13.7 Å². The van der Waals surface area contributed by atoms with Crippen LogP contribution in [0.5, 0.6) is 0 Å². The molecule has 1 aromatic heterocycles. The minimum atomic E-state index is -0.217. The zero-order valence-electron chi connectivity index (χ0n) is 12.6. The molecule has 0 unspecified atom stereocenters. The zero-order valence-corrected chi connectivity index (χ0v) is 12.6. The van der Waals surface area contributed by atoms with E-state index in [9.17, 15) is 4.79 Å². The van der Waals surface area contributed by atoms with Crippen LogP contribution in [0.25, 0.3) is 11.5 Å². The van der Waals surface area contributed by atoms with Gasteiger partial charge < -0.3 is 9.15 Å². The van der Waals surface area contributed by atoms with Crippen LogP contribution in [0.4, 0.5) is 0 Å². The molecule has 1 fully saturated rings. The predicted octanol–water partition coefficient (Wildman–Crippen LogP) is 2.26. The van der Waals surface area contributed by atoms with Gasteiger partial charge in [0.1, 0.15) is 6.04 Å². The summed E-state index contributed by atoms with van der Waals surface area (Å²) in [6, 6.07) is 9.43. The molecular weight excluding hydrogens is 282 g/mol. The summed E-state index contributed by atoms with van der Waals surface area (Å²) in [5.41, 5.74) is 0.893. The summed E-state index contributed by atoms with van der Waals surface area (Å²) in [5, 5.41) is 8.18. The van der Waals surface area contributed by atoms with E-state index in [1.807, 2.05) is 30.3 Å². The molecule has 0 N–H and O–H groups in total. The van der Waals surface area contributed by atoms with E-state index in [4.69, 9.17) is 9.15 Å². The third-order valence-corrected chi connectivity index (χ3v) is 3.91. The van der Waals surface area contributed by atoms with Crippen molar-refractivity contribution in [3.05, 3.63) is 36.2 Å². The Kier molecular flexibility index (Phi) is 4.48. The summed E-state index contributed by atoms with van der Waals surface area (Å²) >= 11 is 0. The summed E-state index contributed by atoms with van der Waals surface area (Å²) in [7, 11) is 1.43. The third kappa shape index (κ3) is 3.17. The number of hydrogen-bond acceptors (Lipinski definition) is 6. The standard InChI is InChI=1S/C16H19N3O3/c1-21-16(20)13-9-5-6-10-19(13)11-14-17-18-15(22-14)12-7-3-2-4-8-12/h2-4,7-8,13H,5-6,9-11H2,1H3/t13-/m0/s1. The molecule has 3 rings (SSSR count). The first-order valence-corrected chi connectivity index (χ1v) is 7.47. The lowest BCUT2D eigenvalue weighted by Gasteiger charge is -2.32. The average Bonchev–Trinajstić information content (AvgIpc) is 3.04. The van der Waals surface area contributed by atoms with E-state index in [1.54, 1.807) is 0 Å². The highest BCUT2D eigenvalue weighted by molar-refractivity contribution is 5.75. The lowest BCUT2D eigenvalue weighted by atomic mass is 10.0. The fourth-order valence-electron chi connectivity index (χ4n) is 2.77. The molecule has 1 aromatic carbocycles. The molecule has 0 saturated carbocycles. The second kappa shape index (κ2) is 6.70. The Morgan fingerprint density at radius 1 is 1.32 bits per heavy atom. The van der Waals surface area contributed by atoms with Crippen LogP contribution in [0.15, 0.2) is 34.7 Å². The van der Waals surface area contributed by atoms with Crippen molar-refractivity contribution >= 4 is 5.97 Å². The van der Waals surface area contributed by atoms with Gasteiger partial charge >= 0.3 is 5.97 Å². The number of benzene rings is 1. The van der Waals surface area contributed by atoms with Crippen LogP contribution in [0.1, 0.15) is 25.2 Å². The number of piperidine rings is 1. The van der Waals surface area contributed by atoms with Crippen molar-refractivity contribution in [2.24, 2.45) is 0 Å². The lowest BCUT2D eigenvalue weighted by Crippen LogP contribution is -2.44. The quantitative estimate of drug-likeness (QED) is 0.807. The molecule has 0 spiro atoms. The van der Waals surface area contributed by atoms with Gasteiger partial charge in [-0.2, -0.15) is 0 Å². The molecule has 0 aliphatic carbocycles. The SMILES string of the molecule is COC(=O)[C@@H]1CCCCN1Cc1nnc(-c2ccccc2)o1. The van der Waals surface area contributed by atoms with Gasteiger partial charge in [-0.05, 0) is 31.5 Å². The van der Waals surface area contributed by atoms with Crippen LogP contribution in [0.3, 0.4) is 0 Å². The number of likely N-dealkylation sites (tertiary alicyclic amines) is 1. The van der Waals surface area contributed by atoms with Crippen LogP contribution >= 0.6 is 0 Å². The summed E-state index contributed by atoms with van der Waals surface area (Å²) in [4.78, 5) is 13.9. The topological polar surface area (TPSA) is 68.5 Å². The van der Waals surface area contributed by atoms with E-state index in [0.29, 0.717) is 18.3 Å². The Bertz CT molecular complexity index is 627. The summed E-state index contributed by atoms with van der Waals surface area (Å²) in [6.07, 6.45) is 2.91. The monoisotopic (exact) mass is 301 g/mol. The largest absolute Gasteiger partial charge is 0.468 e. The van der Waals surface area contributed by atoms with Crippen molar-refractivity contribution in [2.75, 3.05) is 13.7 Å². The second-order valence-corrected chi connectivity index (χ2v) is 5.37. The van der Waals surface area contributed by atoms with Crippen LogP contribution in [0, 0.1) is 0 Å². The lowest BCUT2D eigenvalue weighted by molar-refractivity contribution is -0.148. The number of esters is 1. The van der Waals surface area contributed by atoms with Gasteiger partial charge in [-0.1, -0.05) is 24.6 Å². The summed E-state index contributed by atoms with van der Waals surface area (Å²) in [6.45, 7) is 1.31. The van der Waals surface area contributed by atoms with Crippen molar-refractivity contribution in [1.82, 2.24) is 15.1 Å².